The van der Waals surface area contributed by atoms with Crippen LogP contribution in [0.1, 0.15) is 27.8 Å². The number of aryl methyl sites for hydroxylation is 1. The van der Waals surface area contributed by atoms with Gasteiger partial charge in [-0.3, -0.25) is 9.69 Å². The standard InChI is InChI=1S/C18H15FN4O3/c1-11-13(19)9-20-18(21-11)23-8-7-14-16(17(23)24)26-15(22-14)10-25-12-5-3-2-4-6-12/h2-6,9H,7-8,10H2,1H3. The van der Waals surface area contributed by atoms with Crippen LogP contribution in [0, 0.1) is 12.7 Å². The monoisotopic (exact) mass is 354 g/mol. The minimum Gasteiger partial charge on any atom is -0.484 e. The van der Waals surface area contributed by atoms with E-state index < -0.39 is 11.7 Å². The molecule has 0 radical (unpaired) electrons. The van der Waals surface area contributed by atoms with Crippen LogP contribution < -0.4 is 9.64 Å². The smallest absolute Gasteiger partial charge is 0.298 e. The Morgan fingerprint density at radius 1 is 1.27 bits per heavy atom. The molecular formula is C18H15FN4O3. The second kappa shape index (κ2) is 6.55. The maximum Gasteiger partial charge on any atom is 0.298 e. The summed E-state index contributed by atoms with van der Waals surface area (Å²) in [5.74, 6) is 0.401. The predicted molar refractivity (Wildman–Crippen MR) is 89.4 cm³/mol. The minimum absolute atomic E-state index is 0.121. The number of fused-ring (bicyclic) bond motifs is 1. The van der Waals surface area contributed by atoms with Crippen LogP contribution in [0.15, 0.2) is 40.9 Å². The number of hydrogen-bond donors (Lipinski definition) is 0. The van der Waals surface area contributed by atoms with Crippen LogP contribution in [0.3, 0.4) is 0 Å². The van der Waals surface area contributed by atoms with Crippen molar-refractivity contribution < 1.29 is 18.3 Å². The Morgan fingerprint density at radius 3 is 2.85 bits per heavy atom. The van der Waals surface area contributed by atoms with Crippen LogP contribution >= 0.6 is 0 Å². The summed E-state index contributed by atoms with van der Waals surface area (Å²) in [4.78, 5) is 26.3. The molecule has 0 fully saturated rings. The summed E-state index contributed by atoms with van der Waals surface area (Å²) in [5.41, 5.74) is 0.764. The highest BCUT2D eigenvalue weighted by Gasteiger charge is 2.32. The van der Waals surface area contributed by atoms with Crippen molar-refractivity contribution in [1.29, 1.82) is 0 Å². The molecule has 2 aromatic heterocycles. The first-order valence-electron chi connectivity index (χ1n) is 8.09. The van der Waals surface area contributed by atoms with Gasteiger partial charge in [-0.25, -0.2) is 19.3 Å². The molecule has 0 aliphatic carbocycles. The normalized spacial score (nSPS) is 13.6. The summed E-state index contributed by atoms with van der Waals surface area (Å²) < 4.78 is 24.5. The van der Waals surface area contributed by atoms with Crippen LogP contribution in [0.4, 0.5) is 10.3 Å². The average Bonchev–Trinajstić information content (AvgIpc) is 3.08. The number of benzene rings is 1. The number of halogens is 1. The summed E-state index contributed by atoms with van der Waals surface area (Å²) in [6.07, 6.45) is 1.55. The van der Waals surface area contributed by atoms with Gasteiger partial charge in [0.05, 0.1) is 17.6 Å². The first kappa shape index (κ1) is 16.2. The fraction of sp³-hybridized carbons (Fsp3) is 0.222. The SMILES string of the molecule is Cc1nc(N2CCc3nc(COc4ccccc4)oc3C2=O)ncc1F. The van der Waals surface area contributed by atoms with Crippen molar-refractivity contribution in [2.75, 3.05) is 11.4 Å². The molecule has 0 saturated heterocycles. The van der Waals surface area contributed by atoms with Crippen LogP contribution in [0.2, 0.25) is 0 Å². The molecule has 1 aliphatic heterocycles. The molecule has 132 valence electrons. The lowest BCUT2D eigenvalue weighted by Gasteiger charge is -2.23. The third-order valence-electron chi connectivity index (χ3n) is 4.01. The molecule has 0 bridgehead atoms. The first-order valence-corrected chi connectivity index (χ1v) is 8.09. The third-order valence-corrected chi connectivity index (χ3v) is 4.01. The molecule has 1 amide bonds. The zero-order valence-electron chi connectivity index (χ0n) is 14.0. The summed E-state index contributed by atoms with van der Waals surface area (Å²) in [6.45, 7) is 1.99. The summed E-state index contributed by atoms with van der Waals surface area (Å²) in [5, 5.41) is 0. The molecule has 8 heteroatoms. The van der Waals surface area contributed by atoms with E-state index in [-0.39, 0.29) is 24.0 Å². The number of carbonyl (C=O) groups is 1. The molecule has 4 rings (SSSR count). The maximum absolute atomic E-state index is 13.4. The lowest BCUT2D eigenvalue weighted by molar-refractivity contribution is 0.0946. The zero-order chi connectivity index (χ0) is 18.1. The highest BCUT2D eigenvalue weighted by Crippen LogP contribution is 2.24. The zero-order valence-corrected chi connectivity index (χ0v) is 14.0. The van der Waals surface area contributed by atoms with Crippen LogP contribution in [-0.2, 0) is 13.0 Å². The molecule has 3 aromatic rings. The number of ether oxygens (including phenoxy) is 1. The van der Waals surface area contributed by atoms with E-state index in [2.05, 4.69) is 15.0 Å². The Morgan fingerprint density at radius 2 is 2.08 bits per heavy atom. The van der Waals surface area contributed by atoms with Gasteiger partial charge in [-0.1, -0.05) is 18.2 Å². The van der Waals surface area contributed by atoms with Gasteiger partial charge in [0.2, 0.25) is 17.6 Å². The second-order valence-electron chi connectivity index (χ2n) is 5.80. The lowest BCUT2D eigenvalue weighted by Crippen LogP contribution is -2.38. The number of para-hydroxylation sites is 1. The number of anilines is 1. The van der Waals surface area contributed by atoms with Crippen LogP contribution in [0.25, 0.3) is 0 Å². The van der Waals surface area contributed by atoms with E-state index in [1.54, 1.807) is 0 Å². The van der Waals surface area contributed by atoms with Gasteiger partial charge >= 0.3 is 0 Å². The van der Waals surface area contributed by atoms with E-state index in [9.17, 15) is 9.18 Å². The van der Waals surface area contributed by atoms with Gasteiger partial charge in [0.15, 0.2) is 12.4 Å². The van der Waals surface area contributed by atoms with Crippen molar-refractivity contribution in [2.24, 2.45) is 0 Å². The Balaban J connectivity index is 1.53. The van der Waals surface area contributed by atoms with Gasteiger partial charge in [-0.15, -0.1) is 0 Å². The average molecular weight is 354 g/mol. The molecule has 0 saturated carbocycles. The van der Waals surface area contributed by atoms with Crippen LogP contribution in [-0.4, -0.2) is 27.4 Å². The van der Waals surface area contributed by atoms with Crippen molar-refractivity contribution in [3.05, 3.63) is 65.4 Å². The summed E-state index contributed by atoms with van der Waals surface area (Å²) in [7, 11) is 0. The molecule has 7 nitrogen and oxygen atoms in total. The van der Waals surface area contributed by atoms with Gasteiger partial charge in [-0.2, -0.15) is 0 Å². The van der Waals surface area contributed by atoms with Crippen molar-refractivity contribution in [1.82, 2.24) is 15.0 Å². The number of carbonyl (C=O) groups excluding carboxylic acids is 1. The maximum atomic E-state index is 13.4. The molecule has 0 atom stereocenters. The van der Waals surface area contributed by atoms with Gasteiger partial charge in [-0.05, 0) is 19.1 Å². The fourth-order valence-corrected chi connectivity index (χ4v) is 2.66. The first-order chi connectivity index (χ1) is 12.6. The number of aromatic nitrogens is 3. The summed E-state index contributed by atoms with van der Waals surface area (Å²) >= 11 is 0. The van der Waals surface area contributed by atoms with Gasteiger partial charge < -0.3 is 9.15 Å². The van der Waals surface area contributed by atoms with Gasteiger partial charge in [0.1, 0.15) is 5.75 Å². The number of nitrogens with zero attached hydrogens (tertiary/aromatic N) is 4. The van der Waals surface area contributed by atoms with E-state index in [1.807, 2.05) is 30.3 Å². The number of hydrogen-bond acceptors (Lipinski definition) is 6. The molecule has 0 unspecified atom stereocenters. The molecule has 0 N–H and O–H groups in total. The topological polar surface area (TPSA) is 81.4 Å². The number of amides is 1. The van der Waals surface area contributed by atoms with Crippen molar-refractivity contribution in [3.8, 4) is 5.75 Å². The summed E-state index contributed by atoms with van der Waals surface area (Å²) in [6, 6.07) is 9.26. The Hall–Kier alpha value is -3.29. The molecule has 3 heterocycles. The number of oxazole rings is 1. The molecule has 1 aliphatic rings. The molecular weight excluding hydrogens is 339 g/mol. The quantitative estimate of drug-likeness (QED) is 0.716. The third kappa shape index (κ3) is 3.01. The van der Waals surface area contributed by atoms with E-state index in [1.165, 1.54) is 11.8 Å². The Kier molecular flexibility index (Phi) is 4.08. The predicted octanol–water partition coefficient (Wildman–Crippen LogP) is 2.69. The molecule has 26 heavy (non-hydrogen) atoms. The minimum atomic E-state index is -0.515. The van der Waals surface area contributed by atoms with Gasteiger partial charge in [0, 0.05) is 13.0 Å². The van der Waals surface area contributed by atoms with Crippen molar-refractivity contribution >= 4 is 11.9 Å². The lowest BCUT2D eigenvalue weighted by atomic mass is 10.1. The Bertz CT molecular complexity index is 958. The Labute approximate surface area is 148 Å². The van der Waals surface area contributed by atoms with Gasteiger partial charge in [0.25, 0.3) is 5.91 Å². The number of rotatable bonds is 4. The van der Waals surface area contributed by atoms with E-state index >= 15 is 0 Å². The van der Waals surface area contributed by atoms with E-state index in [4.69, 9.17) is 9.15 Å². The van der Waals surface area contributed by atoms with E-state index in [0.717, 1.165) is 6.20 Å². The van der Waals surface area contributed by atoms with Crippen LogP contribution in [0.5, 0.6) is 5.75 Å². The highest BCUT2D eigenvalue weighted by atomic mass is 19.1. The largest absolute Gasteiger partial charge is 0.484 e. The highest BCUT2D eigenvalue weighted by molar-refractivity contribution is 6.04. The second-order valence-corrected chi connectivity index (χ2v) is 5.80. The molecule has 1 aromatic carbocycles. The van der Waals surface area contributed by atoms with E-state index in [0.29, 0.717) is 30.3 Å². The van der Waals surface area contributed by atoms with Crippen molar-refractivity contribution in [2.45, 2.75) is 20.0 Å². The van der Waals surface area contributed by atoms with Crippen molar-refractivity contribution in [3.63, 3.8) is 0 Å². The fourth-order valence-electron chi connectivity index (χ4n) is 2.66. The molecule has 0 spiro atoms.